The maximum atomic E-state index is 11.1. The van der Waals surface area contributed by atoms with E-state index in [0.717, 1.165) is 25.4 Å². The van der Waals surface area contributed by atoms with Crippen LogP contribution in [0.25, 0.3) is 0 Å². The molecule has 2 N–H and O–H groups in total. The fourth-order valence-corrected chi connectivity index (χ4v) is 2.93. The highest BCUT2D eigenvalue weighted by molar-refractivity contribution is 5.78. The van der Waals surface area contributed by atoms with Gasteiger partial charge in [-0.3, -0.25) is 4.79 Å². The first-order valence-corrected chi connectivity index (χ1v) is 8.05. The SMILES string of the molecule is CCC1CCCC(OCCCCC(C)(NC)C(=O)O)C1. The molecule has 1 saturated carbocycles. The molecular formula is C16H31NO3. The zero-order valence-electron chi connectivity index (χ0n) is 13.3. The zero-order valence-corrected chi connectivity index (χ0v) is 13.3. The van der Waals surface area contributed by atoms with Gasteiger partial charge in [0.15, 0.2) is 0 Å². The number of carboxylic acid groups (broad SMARTS) is 1. The summed E-state index contributed by atoms with van der Waals surface area (Å²) >= 11 is 0. The third kappa shape index (κ3) is 5.41. The van der Waals surface area contributed by atoms with E-state index < -0.39 is 11.5 Å². The van der Waals surface area contributed by atoms with Crippen LogP contribution in [0.5, 0.6) is 0 Å². The molecular weight excluding hydrogens is 254 g/mol. The van der Waals surface area contributed by atoms with E-state index in [9.17, 15) is 4.79 Å². The predicted octanol–water partition coefficient (Wildman–Crippen LogP) is 3.20. The second-order valence-corrected chi connectivity index (χ2v) is 6.28. The van der Waals surface area contributed by atoms with Crippen LogP contribution < -0.4 is 5.32 Å². The lowest BCUT2D eigenvalue weighted by Gasteiger charge is -2.28. The molecule has 1 aliphatic rings. The third-order valence-electron chi connectivity index (χ3n) is 4.76. The molecule has 20 heavy (non-hydrogen) atoms. The van der Waals surface area contributed by atoms with Gasteiger partial charge in [-0.05, 0) is 52.0 Å². The molecule has 1 fully saturated rings. The summed E-state index contributed by atoms with van der Waals surface area (Å²) in [4.78, 5) is 11.1. The minimum atomic E-state index is -0.807. The molecule has 1 rings (SSSR count). The number of ether oxygens (including phenoxy) is 1. The van der Waals surface area contributed by atoms with Gasteiger partial charge in [0, 0.05) is 6.61 Å². The smallest absolute Gasteiger partial charge is 0.323 e. The summed E-state index contributed by atoms with van der Waals surface area (Å²) in [6.07, 6.45) is 9.22. The number of hydrogen-bond donors (Lipinski definition) is 2. The highest BCUT2D eigenvalue weighted by Gasteiger charge is 2.30. The van der Waals surface area contributed by atoms with E-state index in [1.54, 1.807) is 14.0 Å². The highest BCUT2D eigenvalue weighted by Crippen LogP contribution is 2.28. The molecule has 118 valence electrons. The molecule has 1 aliphatic carbocycles. The third-order valence-corrected chi connectivity index (χ3v) is 4.76. The Morgan fingerprint density at radius 1 is 1.40 bits per heavy atom. The summed E-state index contributed by atoms with van der Waals surface area (Å²) in [5, 5.41) is 12.0. The number of nitrogens with one attached hydrogen (secondary N) is 1. The van der Waals surface area contributed by atoms with Crippen molar-refractivity contribution in [3.63, 3.8) is 0 Å². The Balaban J connectivity index is 2.14. The maximum absolute atomic E-state index is 11.1. The standard InChI is InChI=1S/C16H31NO3/c1-4-13-8-7-9-14(12-13)20-11-6-5-10-16(2,17-3)15(18)19/h13-14,17H,4-12H2,1-3H3,(H,18,19). The molecule has 0 heterocycles. The van der Waals surface area contributed by atoms with Crippen LogP contribution in [0.1, 0.15) is 65.2 Å². The Morgan fingerprint density at radius 3 is 2.75 bits per heavy atom. The van der Waals surface area contributed by atoms with Crippen molar-refractivity contribution >= 4 is 5.97 Å². The molecule has 0 radical (unpaired) electrons. The number of unbranched alkanes of at least 4 members (excludes halogenated alkanes) is 1. The Kier molecular flexibility index (Phi) is 7.52. The van der Waals surface area contributed by atoms with Gasteiger partial charge in [0.25, 0.3) is 0 Å². The van der Waals surface area contributed by atoms with Crippen molar-refractivity contribution < 1.29 is 14.6 Å². The molecule has 0 bridgehead atoms. The van der Waals surface area contributed by atoms with Gasteiger partial charge in [0.05, 0.1) is 6.10 Å². The van der Waals surface area contributed by atoms with Crippen molar-refractivity contribution in [1.82, 2.24) is 5.32 Å². The quantitative estimate of drug-likeness (QED) is 0.639. The number of rotatable bonds is 9. The normalized spacial score (nSPS) is 26.1. The number of aliphatic carboxylic acids is 1. The predicted molar refractivity (Wildman–Crippen MR) is 80.9 cm³/mol. The van der Waals surface area contributed by atoms with Crippen molar-refractivity contribution in [3.8, 4) is 0 Å². The van der Waals surface area contributed by atoms with Crippen molar-refractivity contribution in [2.75, 3.05) is 13.7 Å². The van der Waals surface area contributed by atoms with Crippen LogP contribution >= 0.6 is 0 Å². The second-order valence-electron chi connectivity index (χ2n) is 6.28. The van der Waals surface area contributed by atoms with Gasteiger partial charge in [0.2, 0.25) is 0 Å². The van der Waals surface area contributed by atoms with E-state index >= 15 is 0 Å². The molecule has 0 aliphatic heterocycles. The summed E-state index contributed by atoms with van der Waals surface area (Å²) in [5.74, 6) is 0.0623. The van der Waals surface area contributed by atoms with E-state index in [1.165, 1.54) is 32.1 Å². The van der Waals surface area contributed by atoms with E-state index in [-0.39, 0.29) is 0 Å². The fraction of sp³-hybridized carbons (Fsp3) is 0.938. The van der Waals surface area contributed by atoms with Crippen LogP contribution in [0, 0.1) is 5.92 Å². The number of carboxylic acids is 1. The van der Waals surface area contributed by atoms with Crippen LogP contribution in [-0.2, 0) is 9.53 Å². The van der Waals surface area contributed by atoms with Gasteiger partial charge in [-0.25, -0.2) is 0 Å². The van der Waals surface area contributed by atoms with Gasteiger partial charge >= 0.3 is 5.97 Å². The monoisotopic (exact) mass is 285 g/mol. The molecule has 0 saturated heterocycles. The van der Waals surface area contributed by atoms with Crippen molar-refractivity contribution in [1.29, 1.82) is 0 Å². The average Bonchev–Trinajstić information content (AvgIpc) is 2.46. The molecule has 4 heteroatoms. The first-order valence-electron chi connectivity index (χ1n) is 8.05. The van der Waals surface area contributed by atoms with E-state index in [0.29, 0.717) is 12.5 Å². The number of likely N-dealkylation sites (N-methyl/N-ethyl adjacent to an activating group) is 1. The molecule has 3 atom stereocenters. The number of hydrogen-bond acceptors (Lipinski definition) is 3. The van der Waals surface area contributed by atoms with E-state index in [4.69, 9.17) is 9.84 Å². The largest absolute Gasteiger partial charge is 0.480 e. The Labute approximate surface area is 123 Å². The Morgan fingerprint density at radius 2 is 2.15 bits per heavy atom. The van der Waals surface area contributed by atoms with Crippen LogP contribution in [0.2, 0.25) is 0 Å². The van der Waals surface area contributed by atoms with Crippen LogP contribution in [0.15, 0.2) is 0 Å². The van der Waals surface area contributed by atoms with Crippen molar-refractivity contribution in [2.24, 2.45) is 5.92 Å². The zero-order chi connectivity index (χ0) is 15.0. The number of carbonyl (C=O) groups is 1. The Bertz CT molecular complexity index is 295. The first kappa shape index (κ1) is 17.4. The summed E-state index contributed by atoms with van der Waals surface area (Å²) in [6, 6.07) is 0. The van der Waals surface area contributed by atoms with Gasteiger partial charge in [0.1, 0.15) is 5.54 Å². The van der Waals surface area contributed by atoms with Gasteiger partial charge < -0.3 is 15.2 Å². The summed E-state index contributed by atoms with van der Waals surface area (Å²) in [6.45, 7) is 4.77. The maximum Gasteiger partial charge on any atom is 0.323 e. The van der Waals surface area contributed by atoms with Crippen molar-refractivity contribution in [3.05, 3.63) is 0 Å². The van der Waals surface area contributed by atoms with Gasteiger partial charge in [-0.2, -0.15) is 0 Å². The van der Waals surface area contributed by atoms with Crippen LogP contribution in [0.4, 0.5) is 0 Å². The molecule has 3 unspecified atom stereocenters. The lowest BCUT2D eigenvalue weighted by molar-refractivity contribution is -0.144. The van der Waals surface area contributed by atoms with Crippen LogP contribution in [0.3, 0.4) is 0 Å². The minimum absolute atomic E-state index is 0.434. The summed E-state index contributed by atoms with van der Waals surface area (Å²) in [5.41, 5.74) is -0.807. The van der Waals surface area contributed by atoms with Gasteiger partial charge in [-0.15, -0.1) is 0 Å². The molecule has 0 amide bonds. The minimum Gasteiger partial charge on any atom is -0.480 e. The van der Waals surface area contributed by atoms with E-state index in [2.05, 4.69) is 12.2 Å². The molecule has 0 spiro atoms. The molecule has 4 nitrogen and oxygen atoms in total. The highest BCUT2D eigenvalue weighted by atomic mass is 16.5. The van der Waals surface area contributed by atoms with Gasteiger partial charge in [-0.1, -0.05) is 26.2 Å². The average molecular weight is 285 g/mol. The molecule has 0 aromatic rings. The summed E-state index contributed by atoms with van der Waals surface area (Å²) < 4.78 is 5.96. The molecule has 0 aromatic carbocycles. The fourth-order valence-electron chi connectivity index (χ4n) is 2.93. The second kappa shape index (κ2) is 8.63. The molecule has 0 aromatic heterocycles. The lowest BCUT2D eigenvalue weighted by Crippen LogP contribution is -2.47. The topological polar surface area (TPSA) is 58.6 Å². The van der Waals surface area contributed by atoms with Crippen molar-refractivity contribution in [2.45, 2.75) is 76.9 Å². The Hall–Kier alpha value is -0.610. The lowest BCUT2D eigenvalue weighted by atomic mass is 9.85. The van der Waals surface area contributed by atoms with Crippen LogP contribution in [-0.4, -0.2) is 36.4 Å². The first-order chi connectivity index (χ1) is 9.51. The summed E-state index contributed by atoms with van der Waals surface area (Å²) in [7, 11) is 1.71. The van der Waals surface area contributed by atoms with E-state index in [1.807, 2.05) is 0 Å².